The summed E-state index contributed by atoms with van der Waals surface area (Å²) in [5.41, 5.74) is 0.0262. The van der Waals surface area contributed by atoms with Gasteiger partial charge in [-0.05, 0) is 56.3 Å². The molecule has 1 amide bonds. The van der Waals surface area contributed by atoms with Crippen molar-refractivity contribution in [2.75, 3.05) is 18.4 Å². The fraction of sp³-hybridized carbons (Fsp3) is 0.368. The summed E-state index contributed by atoms with van der Waals surface area (Å²) in [6, 6.07) is 9.06. The molecule has 2 N–H and O–H groups in total. The van der Waals surface area contributed by atoms with E-state index in [2.05, 4.69) is 25.9 Å². The van der Waals surface area contributed by atoms with Crippen LogP contribution in [0.5, 0.6) is 5.75 Å². The molecule has 4 rings (SSSR count). The van der Waals surface area contributed by atoms with Gasteiger partial charge in [-0.1, -0.05) is 5.16 Å². The Morgan fingerprint density at radius 1 is 1.32 bits per heavy atom. The van der Waals surface area contributed by atoms with Crippen LogP contribution in [0.4, 0.5) is 5.69 Å². The van der Waals surface area contributed by atoms with Crippen molar-refractivity contribution in [1.82, 2.24) is 25.2 Å². The van der Waals surface area contributed by atoms with E-state index in [-0.39, 0.29) is 12.5 Å². The van der Waals surface area contributed by atoms with E-state index in [1.807, 2.05) is 24.4 Å². The largest absolute Gasteiger partial charge is 0.485 e. The second kappa shape index (κ2) is 7.81. The zero-order valence-corrected chi connectivity index (χ0v) is 15.6. The fourth-order valence-corrected chi connectivity index (χ4v) is 3.35. The van der Waals surface area contributed by atoms with E-state index in [0.717, 1.165) is 13.1 Å². The molecule has 0 radical (unpaired) electrons. The summed E-state index contributed by atoms with van der Waals surface area (Å²) in [7, 11) is 0. The number of nitrogens with one attached hydrogen (secondary N) is 2. The van der Waals surface area contributed by atoms with Gasteiger partial charge in [0.05, 0.1) is 0 Å². The van der Waals surface area contributed by atoms with E-state index >= 15 is 0 Å². The highest BCUT2D eigenvalue weighted by Gasteiger charge is 2.42. The highest BCUT2D eigenvalue weighted by Crippen LogP contribution is 2.29. The Labute approximate surface area is 162 Å². The van der Waals surface area contributed by atoms with Crippen LogP contribution in [0, 0.1) is 6.92 Å². The molecule has 0 saturated carbocycles. The number of benzene rings is 1. The molecule has 1 saturated heterocycles. The van der Waals surface area contributed by atoms with Gasteiger partial charge in [0.15, 0.2) is 6.61 Å². The first-order chi connectivity index (χ1) is 13.7. The second-order valence-corrected chi connectivity index (χ2v) is 6.73. The molecule has 3 aromatic rings. The predicted octanol–water partition coefficient (Wildman–Crippen LogP) is 1.87. The van der Waals surface area contributed by atoms with Gasteiger partial charge in [-0.25, -0.2) is 0 Å². The quantitative estimate of drug-likeness (QED) is 0.670. The van der Waals surface area contributed by atoms with Gasteiger partial charge < -0.3 is 19.9 Å². The number of ether oxygens (including phenoxy) is 1. The van der Waals surface area contributed by atoms with Gasteiger partial charge in [0.25, 0.3) is 5.91 Å². The molecule has 2 aromatic heterocycles. The number of aromatic nitrogens is 4. The number of amides is 1. The molecule has 0 spiro atoms. The lowest BCUT2D eigenvalue weighted by Crippen LogP contribution is -2.52. The summed E-state index contributed by atoms with van der Waals surface area (Å²) in [5, 5.41) is 14.4. The molecule has 3 heterocycles. The number of hydrogen-bond donors (Lipinski definition) is 2. The number of piperidine rings is 1. The van der Waals surface area contributed by atoms with E-state index in [4.69, 9.17) is 9.26 Å². The van der Waals surface area contributed by atoms with Crippen LogP contribution in [-0.2, 0) is 16.9 Å². The van der Waals surface area contributed by atoms with Crippen LogP contribution < -0.4 is 15.4 Å². The Kier molecular flexibility index (Phi) is 5.07. The van der Waals surface area contributed by atoms with Crippen molar-refractivity contribution < 1.29 is 14.1 Å². The number of anilines is 1. The van der Waals surface area contributed by atoms with Crippen LogP contribution in [0.3, 0.4) is 0 Å². The van der Waals surface area contributed by atoms with E-state index in [1.54, 1.807) is 29.9 Å². The van der Waals surface area contributed by atoms with Crippen molar-refractivity contribution in [1.29, 1.82) is 0 Å². The zero-order valence-electron chi connectivity index (χ0n) is 15.6. The maximum absolute atomic E-state index is 13.1. The van der Waals surface area contributed by atoms with E-state index < -0.39 is 5.54 Å². The number of carbonyl (C=O) groups excluding carboxylic acids is 1. The molecule has 9 heteroatoms. The summed E-state index contributed by atoms with van der Waals surface area (Å²) in [6.45, 7) is 3.50. The molecule has 1 aliphatic heterocycles. The van der Waals surface area contributed by atoms with Crippen molar-refractivity contribution in [3.8, 4) is 5.75 Å². The molecule has 0 bridgehead atoms. The number of hydrogen-bond acceptors (Lipinski definition) is 7. The van der Waals surface area contributed by atoms with Gasteiger partial charge in [0, 0.05) is 25.0 Å². The highest BCUT2D eigenvalue weighted by atomic mass is 16.5. The molecule has 1 fully saturated rings. The second-order valence-electron chi connectivity index (χ2n) is 6.73. The van der Waals surface area contributed by atoms with Crippen molar-refractivity contribution in [3.63, 3.8) is 0 Å². The third kappa shape index (κ3) is 3.74. The number of carbonyl (C=O) groups is 1. The Morgan fingerprint density at radius 2 is 2.11 bits per heavy atom. The monoisotopic (exact) mass is 382 g/mol. The summed E-state index contributed by atoms with van der Waals surface area (Å²) < 4.78 is 12.3. The SMILES string of the molecule is Cc1nc(COc2ccc(NC(=O)C3(n4cccn4)CCNCC3)cc2)no1. The molecule has 146 valence electrons. The minimum atomic E-state index is -0.680. The highest BCUT2D eigenvalue weighted by molar-refractivity contribution is 5.96. The van der Waals surface area contributed by atoms with Crippen molar-refractivity contribution in [2.45, 2.75) is 31.9 Å². The van der Waals surface area contributed by atoms with E-state index in [1.165, 1.54) is 0 Å². The standard InChI is InChI=1S/C19H22N6O3/c1-14-22-17(24-28-14)13-27-16-5-3-15(4-6-16)23-18(26)19(7-10-20-11-8-19)25-12-2-9-21-25/h2-6,9,12,20H,7-8,10-11,13H2,1H3,(H,23,26). The summed E-state index contributed by atoms with van der Waals surface area (Å²) in [5.74, 6) is 1.58. The Bertz CT molecular complexity index is 914. The van der Waals surface area contributed by atoms with Crippen molar-refractivity contribution >= 4 is 11.6 Å². The normalized spacial score (nSPS) is 15.9. The average molecular weight is 382 g/mol. The topological polar surface area (TPSA) is 107 Å². The van der Waals surface area contributed by atoms with Gasteiger partial charge in [0.1, 0.15) is 11.3 Å². The number of aryl methyl sites for hydroxylation is 1. The Hall–Kier alpha value is -3.20. The summed E-state index contributed by atoms with van der Waals surface area (Å²) in [4.78, 5) is 17.2. The first-order valence-corrected chi connectivity index (χ1v) is 9.20. The van der Waals surface area contributed by atoms with Gasteiger partial charge in [0.2, 0.25) is 11.7 Å². The van der Waals surface area contributed by atoms with Crippen LogP contribution >= 0.6 is 0 Å². The van der Waals surface area contributed by atoms with Crippen LogP contribution in [0.25, 0.3) is 0 Å². The summed E-state index contributed by atoms with van der Waals surface area (Å²) in [6.07, 6.45) is 4.92. The third-order valence-electron chi connectivity index (χ3n) is 4.85. The minimum Gasteiger partial charge on any atom is -0.485 e. The summed E-state index contributed by atoms with van der Waals surface area (Å²) >= 11 is 0. The lowest BCUT2D eigenvalue weighted by atomic mass is 9.87. The minimum absolute atomic E-state index is 0.0614. The first kappa shape index (κ1) is 18.2. The van der Waals surface area contributed by atoms with Crippen LogP contribution in [-0.4, -0.2) is 38.9 Å². The molecular weight excluding hydrogens is 360 g/mol. The smallest absolute Gasteiger partial charge is 0.252 e. The van der Waals surface area contributed by atoms with Crippen LogP contribution in [0.2, 0.25) is 0 Å². The molecule has 0 unspecified atom stereocenters. The van der Waals surface area contributed by atoms with Crippen molar-refractivity contribution in [2.24, 2.45) is 0 Å². The Balaban J connectivity index is 1.42. The van der Waals surface area contributed by atoms with Crippen molar-refractivity contribution in [3.05, 3.63) is 54.4 Å². The van der Waals surface area contributed by atoms with Gasteiger partial charge in [-0.15, -0.1) is 0 Å². The molecule has 9 nitrogen and oxygen atoms in total. The van der Waals surface area contributed by atoms with Crippen LogP contribution in [0.1, 0.15) is 24.6 Å². The lowest BCUT2D eigenvalue weighted by molar-refractivity contribution is -0.126. The third-order valence-corrected chi connectivity index (χ3v) is 4.85. The number of nitrogens with zero attached hydrogens (tertiary/aromatic N) is 4. The van der Waals surface area contributed by atoms with Crippen LogP contribution in [0.15, 0.2) is 47.2 Å². The van der Waals surface area contributed by atoms with Gasteiger partial charge >= 0.3 is 0 Å². The maximum Gasteiger partial charge on any atom is 0.252 e. The Morgan fingerprint density at radius 3 is 2.75 bits per heavy atom. The molecular formula is C19H22N6O3. The zero-order chi connectivity index (χ0) is 19.4. The van der Waals surface area contributed by atoms with Gasteiger partial charge in [-0.2, -0.15) is 10.1 Å². The maximum atomic E-state index is 13.1. The average Bonchev–Trinajstić information content (AvgIpc) is 3.40. The molecule has 28 heavy (non-hydrogen) atoms. The van der Waals surface area contributed by atoms with Gasteiger partial charge in [-0.3, -0.25) is 9.48 Å². The molecule has 1 aromatic carbocycles. The molecule has 0 aliphatic carbocycles. The lowest BCUT2D eigenvalue weighted by Gasteiger charge is -2.36. The number of rotatable bonds is 6. The van der Waals surface area contributed by atoms with E-state index in [9.17, 15) is 4.79 Å². The molecule has 1 aliphatic rings. The fourth-order valence-electron chi connectivity index (χ4n) is 3.35. The molecule has 0 atom stereocenters. The predicted molar refractivity (Wildman–Crippen MR) is 101 cm³/mol. The first-order valence-electron chi connectivity index (χ1n) is 9.20. The van der Waals surface area contributed by atoms with E-state index in [0.29, 0.717) is 36.0 Å².